The van der Waals surface area contributed by atoms with Crippen molar-refractivity contribution in [2.45, 2.75) is 44.6 Å². The highest BCUT2D eigenvalue weighted by Gasteiger charge is 2.40. The van der Waals surface area contributed by atoms with E-state index in [-0.39, 0.29) is 5.41 Å². The van der Waals surface area contributed by atoms with E-state index in [9.17, 15) is 0 Å². The van der Waals surface area contributed by atoms with Crippen molar-refractivity contribution in [1.82, 2.24) is 9.97 Å². The normalized spacial score (nSPS) is 17.3. The molecular formula is C17H21N3. The predicted molar refractivity (Wildman–Crippen MR) is 80.4 cm³/mol. The smallest absolute Gasteiger partial charge is 0.139 e. The molecule has 0 bridgehead atoms. The lowest BCUT2D eigenvalue weighted by molar-refractivity contribution is 0.494. The molecular weight excluding hydrogens is 246 g/mol. The Morgan fingerprint density at radius 3 is 2.45 bits per heavy atom. The third-order valence-corrected chi connectivity index (χ3v) is 4.33. The van der Waals surface area contributed by atoms with Crippen LogP contribution < -0.4 is 5.73 Å². The van der Waals surface area contributed by atoms with Gasteiger partial charge in [-0.15, -0.1) is 0 Å². The number of benzene rings is 1. The Labute approximate surface area is 120 Å². The van der Waals surface area contributed by atoms with Crippen LogP contribution in [0.1, 0.15) is 48.5 Å². The summed E-state index contributed by atoms with van der Waals surface area (Å²) < 4.78 is 0. The van der Waals surface area contributed by atoms with E-state index in [0.717, 1.165) is 30.1 Å². The number of nitrogens with two attached hydrogens (primary N) is 1. The van der Waals surface area contributed by atoms with E-state index in [2.05, 4.69) is 30.3 Å². The molecule has 3 rings (SSSR count). The highest BCUT2D eigenvalue weighted by atomic mass is 14.9. The lowest BCUT2D eigenvalue weighted by Gasteiger charge is -2.28. The first-order valence-corrected chi connectivity index (χ1v) is 7.35. The monoisotopic (exact) mass is 267 g/mol. The van der Waals surface area contributed by atoms with Crippen LogP contribution in [0.4, 0.5) is 0 Å². The number of hydrogen-bond acceptors (Lipinski definition) is 3. The van der Waals surface area contributed by atoms with Gasteiger partial charge in [0.05, 0.1) is 11.1 Å². The molecule has 1 aromatic heterocycles. The van der Waals surface area contributed by atoms with Gasteiger partial charge >= 0.3 is 0 Å². The van der Waals surface area contributed by atoms with Gasteiger partial charge in [-0.2, -0.15) is 0 Å². The average Bonchev–Trinajstić information content (AvgIpc) is 2.98. The van der Waals surface area contributed by atoms with Crippen molar-refractivity contribution in [3.8, 4) is 0 Å². The van der Waals surface area contributed by atoms with Gasteiger partial charge in [-0.1, -0.05) is 43.2 Å². The van der Waals surface area contributed by atoms with Gasteiger partial charge in [-0.25, -0.2) is 9.97 Å². The van der Waals surface area contributed by atoms with Gasteiger partial charge < -0.3 is 5.73 Å². The summed E-state index contributed by atoms with van der Waals surface area (Å²) in [6.45, 7) is 2.50. The second kappa shape index (κ2) is 5.33. The first kappa shape index (κ1) is 13.3. The number of hydrogen-bond donors (Lipinski definition) is 1. The summed E-state index contributed by atoms with van der Waals surface area (Å²) in [7, 11) is 0. The van der Waals surface area contributed by atoms with Crippen LogP contribution >= 0.6 is 0 Å². The predicted octanol–water partition coefficient (Wildman–Crippen LogP) is 3.10. The van der Waals surface area contributed by atoms with Gasteiger partial charge in [0.15, 0.2) is 0 Å². The molecule has 1 aliphatic rings. The van der Waals surface area contributed by atoms with Crippen LogP contribution in [0.5, 0.6) is 0 Å². The van der Waals surface area contributed by atoms with Crippen LogP contribution in [0.15, 0.2) is 36.4 Å². The molecule has 0 spiro atoms. The van der Waals surface area contributed by atoms with Gasteiger partial charge in [0.1, 0.15) is 5.82 Å². The Bertz CT molecular complexity index is 586. The summed E-state index contributed by atoms with van der Waals surface area (Å²) in [4.78, 5) is 9.49. The number of nitrogens with zero attached hydrogens (tertiary/aromatic N) is 2. The lowest BCUT2D eigenvalue weighted by Crippen LogP contribution is -2.27. The summed E-state index contributed by atoms with van der Waals surface area (Å²) in [5.41, 5.74) is 9.05. The molecule has 1 heterocycles. The second-order valence-corrected chi connectivity index (χ2v) is 5.68. The van der Waals surface area contributed by atoms with Crippen LogP contribution in [-0.2, 0) is 12.0 Å². The summed E-state index contributed by atoms with van der Waals surface area (Å²) in [5.74, 6) is 0.960. The average molecular weight is 267 g/mol. The summed E-state index contributed by atoms with van der Waals surface area (Å²) in [6, 6.07) is 12.7. The minimum atomic E-state index is -0.0167. The maximum absolute atomic E-state index is 5.78. The molecule has 104 valence electrons. The number of aromatic nitrogens is 2. The Hall–Kier alpha value is -1.74. The molecule has 1 fully saturated rings. The molecule has 0 aliphatic heterocycles. The molecule has 2 aromatic rings. The minimum Gasteiger partial charge on any atom is -0.325 e. The van der Waals surface area contributed by atoms with E-state index < -0.39 is 0 Å². The maximum atomic E-state index is 5.78. The Balaban J connectivity index is 2.14. The number of rotatable bonds is 3. The summed E-state index contributed by atoms with van der Waals surface area (Å²) in [5, 5.41) is 0. The van der Waals surface area contributed by atoms with E-state index in [1.807, 2.05) is 13.0 Å². The fourth-order valence-electron chi connectivity index (χ4n) is 3.33. The summed E-state index contributed by atoms with van der Waals surface area (Å²) in [6.07, 6.45) is 4.74. The molecule has 1 aliphatic carbocycles. The van der Waals surface area contributed by atoms with Crippen molar-refractivity contribution >= 4 is 0 Å². The highest BCUT2D eigenvalue weighted by Crippen LogP contribution is 2.44. The minimum absolute atomic E-state index is 0.0167. The van der Waals surface area contributed by atoms with Crippen molar-refractivity contribution in [1.29, 1.82) is 0 Å². The van der Waals surface area contributed by atoms with Crippen molar-refractivity contribution < 1.29 is 0 Å². The molecule has 20 heavy (non-hydrogen) atoms. The van der Waals surface area contributed by atoms with Crippen LogP contribution in [-0.4, -0.2) is 9.97 Å². The Kier molecular flexibility index (Phi) is 3.53. The molecule has 0 atom stereocenters. The van der Waals surface area contributed by atoms with Gasteiger partial charge in [0, 0.05) is 12.2 Å². The van der Waals surface area contributed by atoms with Crippen LogP contribution in [0.2, 0.25) is 0 Å². The van der Waals surface area contributed by atoms with Crippen LogP contribution in [0, 0.1) is 6.92 Å². The first-order valence-electron chi connectivity index (χ1n) is 7.35. The third kappa shape index (κ3) is 2.22. The molecule has 2 N–H and O–H groups in total. The molecule has 3 nitrogen and oxygen atoms in total. The van der Waals surface area contributed by atoms with Crippen LogP contribution in [0.25, 0.3) is 0 Å². The Morgan fingerprint density at radius 1 is 1.10 bits per heavy atom. The quantitative estimate of drug-likeness (QED) is 0.929. The first-order chi connectivity index (χ1) is 9.74. The number of aryl methyl sites for hydroxylation is 1. The lowest BCUT2D eigenvalue weighted by atomic mass is 9.78. The SMILES string of the molecule is Cc1cc(CN)nc(C2(c3ccccc3)CCCC2)n1. The largest absolute Gasteiger partial charge is 0.325 e. The van der Waals surface area contributed by atoms with Gasteiger partial charge in [-0.05, 0) is 31.4 Å². The molecule has 3 heteroatoms. The van der Waals surface area contributed by atoms with Crippen LogP contribution in [0.3, 0.4) is 0 Å². The Morgan fingerprint density at radius 2 is 1.80 bits per heavy atom. The molecule has 1 saturated carbocycles. The molecule has 0 radical (unpaired) electrons. The van der Waals surface area contributed by atoms with Crippen molar-refractivity contribution in [3.05, 3.63) is 59.2 Å². The zero-order chi connectivity index (χ0) is 14.0. The van der Waals surface area contributed by atoms with Crippen molar-refractivity contribution in [3.63, 3.8) is 0 Å². The van der Waals surface area contributed by atoms with Gasteiger partial charge in [0.25, 0.3) is 0 Å². The zero-order valence-corrected chi connectivity index (χ0v) is 12.0. The van der Waals surface area contributed by atoms with Crippen molar-refractivity contribution in [2.75, 3.05) is 0 Å². The highest BCUT2D eigenvalue weighted by molar-refractivity contribution is 5.35. The van der Waals surface area contributed by atoms with Gasteiger partial charge in [-0.3, -0.25) is 0 Å². The van der Waals surface area contributed by atoms with Crippen molar-refractivity contribution in [2.24, 2.45) is 5.73 Å². The van der Waals surface area contributed by atoms with E-state index in [1.54, 1.807) is 0 Å². The molecule has 0 unspecified atom stereocenters. The molecule has 0 amide bonds. The topological polar surface area (TPSA) is 51.8 Å². The molecule has 1 aromatic carbocycles. The maximum Gasteiger partial charge on any atom is 0.139 e. The van der Waals surface area contributed by atoms with Gasteiger partial charge in [0.2, 0.25) is 0 Å². The fourth-order valence-corrected chi connectivity index (χ4v) is 3.33. The summed E-state index contributed by atoms with van der Waals surface area (Å²) >= 11 is 0. The fraction of sp³-hybridized carbons (Fsp3) is 0.412. The standard InChI is InChI=1S/C17H21N3/c1-13-11-15(12-18)20-16(19-13)17(9-5-6-10-17)14-7-3-2-4-8-14/h2-4,7-8,11H,5-6,9-10,12,18H2,1H3. The van der Waals surface area contributed by atoms with E-state index in [0.29, 0.717) is 6.54 Å². The zero-order valence-electron chi connectivity index (χ0n) is 12.0. The van der Waals surface area contributed by atoms with E-state index in [4.69, 9.17) is 15.7 Å². The third-order valence-electron chi connectivity index (χ3n) is 4.33. The van der Waals surface area contributed by atoms with E-state index in [1.165, 1.54) is 18.4 Å². The van der Waals surface area contributed by atoms with E-state index >= 15 is 0 Å². The second-order valence-electron chi connectivity index (χ2n) is 5.68. The molecule has 0 saturated heterocycles.